The van der Waals surface area contributed by atoms with Gasteiger partial charge in [-0.3, -0.25) is 9.59 Å². The molecule has 3 nitrogen and oxygen atoms in total. The zero-order valence-electron chi connectivity index (χ0n) is 9.10. The third-order valence-electron chi connectivity index (χ3n) is 3.91. The van der Waals surface area contributed by atoms with E-state index in [0.29, 0.717) is 12.2 Å². The van der Waals surface area contributed by atoms with E-state index >= 15 is 0 Å². The molecule has 1 heterocycles. The lowest BCUT2D eigenvalue weighted by Crippen LogP contribution is -2.22. The maximum atomic E-state index is 12.3. The molecule has 17 heavy (non-hydrogen) atoms. The minimum atomic E-state index is -0.391. The van der Waals surface area contributed by atoms with Crippen molar-refractivity contribution in [3.8, 4) is 0 Å². The number of carbonyl (C=O) groups excluding carboxylic acids is 2. The molecule has 0 aromatic heterocycles. The molecule has 4 rings (SSSR count). The summed E-state index contributed by atoms with van der Waals surface area (Å²) >= 11 is 0. The molecule has 2 aliphatic carbocycles. The summed E-state index contributed by atoms with van der Waals surface area (Å²) in [5.41, 5.74) is 2.31. The maximum Gasteiger partial charge on any atom is 0.193 e. The van der Waals surface area contributed by atoms with Gasteiger partial charge in [-0.15, -0.1) is 0 Å². The van der Waals surface area contributed by atoms with Gasteiger partial charge in [0.05, 0.1) is 5.57 Å². The van der Waals surface area contributed by atoms with Gasteiger partial charge >= 0.3 is 0 Å². The SMILES string of the molecule is O=C1C2=C(OC3C(=O)CCC23)c2ccccc21. The van der Waals surface area contributed by atoms with Crippen LogP contribution in [0.5, 0.6) is 0 Å². The average Bonchev–Trinajstić information content (AvgIpc) is 2.95. The van der Waals surface area contributed by atoms with Crippen LogP contribution in [0.4, 0.5) is 0 Å². The molecule has 0 N–H and O–H groups in total. The largest absolute Gasteiger partial charge is 0.481 e. The molecular formula is C14H10O3. The van der Waals surface area contributed by atoms with Crippen LogP contribution in [0.1, 0.15) is 28.8 Å². The van der Waals surface area contributed by atoms with Crippen LogP contribution in [-0.2, 0) is 9.53 Å². The van der Waals surface area contributed by atoms with Gasteiger partial charge in [-0.1, -0.05) is 24.3 Å². The fraction of sp³-hybridized carbons (Fsp3) is 0.286. The highest BCUT2D eigenvalue weighted by molar-refractivity contribution is 6.21. The Morgan fingerprint density at radius 2 is 1.88 bits per heavy atom. The minimum absolute atomic E-state index is 0.00241. The van der Waals surface area contributed by atoms with E-state index in [0.717, 1.165) is 23.1 Å². The van der Waals surface area contributed by atoms with Crippen molar-refractivity contribution in [1.29, 1.82) is 0 Å². The molecule has 0 bridgehead atoms. The number of carbonyl (C=O) groups is 2. The van der Waals surface area contributed by atoms with Gasteiger partial charge in [-0.2, -0.15) is 0 Å². The summed E-state index contributed by atoms with van der Waals surface area (Å²) < 4.78 is 5.73. The second-order valence-corrected chi connectivity index (χ2v) is 4.77. The Kier molecular flexibility index (Phi) is 1.54. The van der Waals surface area contributed by atoms with E-state index in [4.69, 9.17) is 4.74 Å². The predicted molar refractivity (Wildman–Crippen MR) is 60.3 cm³/mol. The molecule has 0 amide bonds. The van der Waals surface area contributed by atoms with Crippen molar-refractivity contribution in [2.75, 3.05) is 0 Å². The zero-order valence-corrected chi connectivity index (χ0v) is 9.10. The number of hydrogen-bond acceptors (Lipinski definition) is 3. The molecular weight excluding hydrogens is 216 g/mol. The van der Waals surface area contributed by atoms with E-state index < -0.39 is 6.10 Å². The first-order valence-corrected chi connectivity index (χ1v) is 5.85. The van der Waals surface area contributed by atoms with Crippen LogP contribution in [0.25, 0.3) is 5.76 Å². The van der Waals surface area contributed by atoms with Crippen molar-refractivity contribution in [2.45, 2.75) is 18.9 Å². The summed E-state index contributed by atoms with van der Waals surface area (Å²) in [5.74, 6) is 0.846. The van der Waals surface area contributed by atoms with Crippen molar-refractivity contribution in [3.05, 3.63) is 41.0 Å². The van der Waals surface area contributed by atoms with Crippen LogP contribution in [0.15, 0.2) is 29.8 Å². The van der Waals surface area contributed by atoms with Crippen LogP contribution in [0.3, 0.4) is 0 Å². The summed E-state index contributed by atoms with van der Waals surface area (Å²) in [5, 5.41) is 0. The first kappa shape index (κ1) is 9.16. The Labute approximate surface area is 98.1 Å². The summed E-state index contributed by atoms with van der Waals surface area (Å²) in [6, 6.07) is 7.46. The molecule has 1 saturated carbocycles. The van der Waals surface area contributed by atoms with Gasteiger partial charge in [0, 0.05) is 23.5 Å². The lowest BCUT2D eigenvalue weighted by molar-refractivity contribution is -0.124. The lowest BCUT2D eigenvalue weighted by atomic mass is 9.94. The number of ether oxygens (including phenoxy) is 1. The van der Waals surface area contributed by atoms with Crippen LogP contribution >= 0.6 is 0 Å². The molecule has 1 aromatic rings. The topological polar surface area (TPSA) is 43.4 Å². The second-order valence-electron chi connectivity index (χ2n) is 4.77. The summed E-state index contributed by atoms with van der Waals surface area (Å²) in [4.78, 5) is 23.9. The summed E-state index contributed by atoms with van der Waals surface area (Å²) in [6.45, 7) is 0. The number of ketones is 2. The van der Waals surface area contributed by atoms with Gasteiger partial charge in [0.25, 0.3) is 0 Å². The first-order valence-electron chi connectivity index (χ1n) is 5.85. The molecule has 3 heteroatoms. The molecule has 2 atom stereocenters. The number of hydrogen-bond donors (Lipinski definition) is 0. The van der Waals surface area contributed by atoms with Gasteiger partial charge in [0.15, 0.2) is 17.7 Å². The van der Waals surface area contributed by atoms with E-state index in [1.54, 1.807) is 0 Å². The second kappa shape index (κ2) is 2.86. The fourth-order valence-electron chi connectivity index (χ4n) is 3.12. The summed E-state index contributed by atoms with van der Waals surface area (Å²) in [6.07, 6.45) is 0.898. The van der Waals surface area contributed by atoms with E-state index in [9.17, 15) is 9.59 Å². The highest BCUT2D eigenvalue weighted by Crippen LogP contribution is 2.49. The zero-order chi connectivity index (χ0) is 11.6. The Balaban J connectivity index is 1.89. The van der Waals surface area contributed by atoms with Gasteiger partial charge in [0.2, 0.25) is 0 Å². The van der Waals surface area contributed by atoms with E-state index in [1.165, 1.54) is 0 Å². The Morgan fingerprint density at radius 1 is 1.12 bits per heavy atom. The molecule has 0 saturated heterocycles. The van der Waals surface area contributed by atoms with Crippen molar-refractivity contribution < 1.29 is 14.3 Å². The Hall–Kier alpha value is -1.90. The van der Waals surface area contributed by atoms with E-state index in [2.05, 4.69) is 0 Å². The van der Waals surface area contributed by atoms with Gasteiger partial charge in [-0.25, -0.2) is 0 Å². The highest BCUT2D eigenvalue weighted by atomic mass is 16.5. The predicted octanol–water partition coefficient (Wildman–Crippen LogP) is 1.97. The van der Waals surface area contributed by atoms with Crippen LogP contribution in [0.2, 0.25) is 0 Å². The van der Waals surface area contributed by atoms with Crippen molar-refractivity contribution in [3.63, 3.8) is 0 Å². The standard InChI is InChI=1S/C14H10O3/c15-10-6-5-9-11-12(16)7-3-1-2-4-8(7)14(11)17-13(9)10/h1-4,9,13H,5-6H2. The Morgan fingerprint density at radius 3 is 2.71 bits per heavy atom. The fourth-order valence-corrected chi connectivity index (χ4v) is 3.12. The van der Waals surface area contributed by atoms with Gasteiger partial charge in [0.1, 0.15) is 5.76 Å². The van der Waals surface area contributed by atoms with Crippen molar-refractivity contribution >= 4 is 17.3 Å². The molecule has 0 spiro atoms. The van der Waals surface area contributed by atoms with Crippen LogP contribution < -0.4 is 0 Å². The molecule has 0 radical (unpaired) electrons. The Bertz CT molecular complexity index is 597. The highest BCUT2D eigenvalue weighted by Gasteiger charge is 2.51. The number of benzene rings is 1. The smallest absolute Gasteiger partial charge is 0.193 e. The van der Waals surface area contributed by atoms with Crippen LogP contribution in [-0.4, -0.2) is 17.7 Å². The average molecular weight is 226 g/mol. The van der Waals surface area contributed by atoms with Gasteiger partial charge in [-0.05, 0) is 6.42 Å². The third-order valence-corrected chi connectivity index (χ3v) is 3.91. The number of rotatable bonds is 0. The lowest BCUT2D eigenvalue weighted by Gasteiger charge is -2.12. The van der Waals surface area contributed by atoms with Crippen molar-refractivity contribution in [1.82, 2.24) is 0 Å². The number of fused-ring (bicyclic) bond motifs is 4. The molecule has 1 aromatic carbocycles. The normalized spacial score (nSPS) is 29.2. The quantitative estimate of drug-likeness (QED) is 0.679. The molecule has 3 aliphatic rings. The summed E-state index contributed by atoms with van der Waals surface area (Å²) in [7, 11) is 0. The molecule has 1 aliphatic heterocycles. The van der Waals surface area contributed by atoms with E-state index in [-0.39, 0.29) is 17.5 Å². The number of Topliss-reactive ketones (excluding diaryl/α,β-unsaturated/α-hetero) is 2. The molecule has 84 valence electrons. The monoisotopic (exact) mass is 226 g/mol. The minimum Gasteiger partial charge on any atom is -0.481 e. The maximum absolute atomic E-state index is 12.3. The first-order chi connectivity index (χ1) is 8.27. The molecule has 2 unspecified atom stereocenters. The molecule has 1 fully saturated rings. The van der Waals surface area contributed by atoms with Crippen molar-refractivity contribution in [2.24, 2.45) is 5.92 Å². The third kappa shape index (κ3) is 0.971. The van der Waals surface area contributed by atoms with Gasteiger partial charge < -0.3 is 4.74 Å². The van der Waals surface area contributed by atoms with Crippen LogP contribution in [0, 0.1) is 5.92 Å². The van der Waals surface area contributed by atoms with E-state index in [1.807, 2.05) is 24.3 Å².